The van der Waals surface area contributed by atoms with Crippen LogP contribution in [-0.2, 0) is 13.0 Å². The Hall–Kier alpha value is -1.35. The highest BCUT2D eigenvalue weighted by molar-refractivity contribution is 9.10. The topological polar surface area (TPSA) is 22.0 Å². The Kier molecular flexibility index (Phi) is 2.63. The van der Waals surface area contributed by atoms with Crippen molar-refractivity contribution in [1.29, 1.82) is 0 Å². The van der Waals surface area contributed by atoms with Crippen molar-refractivity contribution >= 4 is 15.9 Å². The molecule has 1 unspecified atom stereocenters. The molecule has 17 heavy (non-hydrogen) atoms. The third kappa shape index (κ3) is 1.95. The van der Waals surface area contributed by atoms with Crippen molar-refractivity contribution in [2.24, 2.45) is 0 Å². The van der Waals surface area contributed by atoms with E-state index in [2.05, 4.69) is 40.2 Å². The van der Waals surface area contributed by atoms with Crippen LogP contribution in [0.5, 0.6) is 0 Å². The first kappa shape index (κ1) is 10.8. The summed E-state index contributed by atoms with van der Waals surface area (Å²) < 4.78 is 2.73. The van der Waals surface area contributed by atoms with Crippen LogP contribution in [-0.4, -0.2) is 4.57 Å². The van der Waals surface area contributed by atoms with E-state index in [4.69, 9.17) is 0 Å². The Bertz CT molecular complexity index is 618. The molecular weight excluding hydrogens is 278 g/mol. The summed E-state index contributed by atoms with van der Waals surface area (Å²) >= 11 is 3.40. The number of pyridine rings is 1. The molecule has 0 saturated heterocycles. The Labute approximate surface area is 108 Å². The van der Waals surface area contributed by atoms with Crippen LogP contribution in [0.2, 0.25) is 0 Å². The summed E-state index contributed by atoms with van der Waals surface area (Å²) in [4.78, 5) is 11.7. The van der Waals surface area contributed by atoms with Crippen LogP contribution in [0.25, 0.3) is 0 Å². The normalized spacial score (nSPS) is 17.4. The van der Waals surface area contributed by atoms with E-state index < -0.39 is 0 Å². The number of hydrogen-bond acceptors (Lipinski definition) is 1. The van der Waals surface area contributed by atoms with Gasteiger partial charge < -0.3 is 4.57 Å². The molecule has 0 spiro atoms. The van der Waals surface area contributed by atoms with Crippen LogP contribution in [0.1, 0.15) is 17.0 Å². The Morgan fingerprint density at radius 1 is 1.24 bits per heavy atom. The minimum atomic E-state index is 0.0672. The van der Waals surface area contributed by atoms with Gasteiger partial charge in [-0.1, -0.05) is 24.3 Å². The molecule has 1 aliphatic carbocycles. The molecule has 1 aromatic carbocycles. The maximum absolute atomic E-state index is 11.7. The van der Waals surface area contributed by atoms with Gasteiger partial charge in [0.2, 0.25) is 0 Å². The van der Waals surface area contributed by atoms with Gasteiger partial charge in [-0.25, -0.2) is 0 Å². The monoisotopic (exact) mass is 289 g/mol. The Balaban J connectivity index is 1.86. The molecule has 0 amide bonds. The molecule has 1 atom stereocenters. The maximum Gasteiger partial charge on any atom is 0.250 e. The number of hydrogen-bond donors (Lipinski definition) is 0. The first-order valence-corrected chi connectivity index (χ1v) is 6.47. The van der Waals surface area contributed by atoms with E-state index in [1.54, 1.807) is 16.7 Å². The van der Waals surface area contributed by atoms with Crippen molar-refractivity contribution in [2.45, 2.75) is 18.9 Å². The highest BCUT2D eigenvalue weighted by Crippen LogP contribution is 2.35. The maximum atomic E-state index is 11.7. The molecule has 1 aromatic heterocycles. The largest absolute Gasteiger partial charge is 0.314 e. The van der Waals surface area contributed by atoms with Crippen molar-refractivity contribution in [3.8, 4) is 0 Å². The molecule has 2 nitrogen and oxygen atoms in total. The summed E-state index contributed by atoms with van der Waals surface area (Å²) in [7, 11) is 0. The number of fused-ring (bicyclic) bond motifs is 1. The highest BCUT2D eigenvalue weighted by Gasteiger charge is 2.25. The number of nitrogens with zero attached hydrogens (tertiary/aromatic N) is 1. The number of halogens is 1. The third-order valence-electron chi connectivity index (χ3n) is 3.33. The second kappa shape index (κ2) is 4.15. The molecule has 0 fully saturated rings. The van der Waals surface area contributed by atoms with Crippen LogP contribution in [0.3, 0.4) is 0 Å². The van der Waals surface area contributed by atoms with Crippen molar-refractivity contribution in [1.82, 2.24) is 4.57 Å². The average Bonchev–Trinajstić information content (AvgIpc) is 2.30. The van der Waals surface area contributed by atoms with Crippen LogP contribution >= 0.6 is 15.9 Å². The molecule has 0 N–H and O–H groups in total. The van der Waals surface area contributed by atoms with Gasteiger partial charge in [-0.3, -0.25) is 4.79 Å². The van der Waals surface area contributed by atoms with Crippen molar-refractivity contribution in [3.05, 3.63) is 68.5 Å². The van der Waals surface area contributed by atoms with Crippen molar-refractivity contribution < 1.29 is 0 Å². The van der Waals surface area contributed by atoms with Crippen molar-refractivity contribution in [2.75, 3.05) is 0 Å². The SMILES string of the molecule is O=c1ccc(Br)cn1CC1Cc2ccccc21. The van der Waals surface area contributed by atoms with Gasteiger partial charge in [-0.2, -0.15) is 0 Å². The van der Waals surface area contributed by atoms with E-state index >= 15 is 0 Å². The summed E-state index contributed by atoms with van der Waals surface area (Å²) in [5.74, 6) is 0.484. The minimum Gasteiger partial charge on any atom is -0.314 e. The fourth-order valence-corrected chi connectivity index (χ4v) is 2.79. The van der Waals surface area contributed by atoms with Gasteiger partial charge >= 0.3 is 0 Å². The zero-order chi connectivity index (χ0) is 11.8. The predicted octanol–water partition coefficient (Wildman–Crippen LogP) is 2.95. The molecule has 3 heteroatoms. The summed E-state index contributed by atoms with van der Waals surface area (Å²) in [5, 5.41) is 0. The first-order chi connectivity index (χ1) is 8.24. The van der Waals surface area contributed by atoms with Crippen LogP contribution in [0, 0.1) is 0 Å². The van der Waals surface area contributed by atoms with E-state index in [0.29, 0.717) is 5.92 Å². The lowest BCUT2D eigenvalue weighted by Gasteiger charge is -2.30. The van der Waals surface area contributed by atoms with E-state index in [0.717, 1.165) is 17.4 Å². The van der Waals surface area contributed by atoms with E-state index in [1.807, 2.05) is 6.20 Å². The van der Waals surface area contributed by atoms with Gasteiger partial charge in [0, 0.05) is 29.2 Å². The molecule has 0 saturated carbocycles. The molecule has 0 aliphatic heterocycles. The number of benzene rings is 1. The van der Waals surface area contributed by atoms with Gasteiger partial charge in [0.25, 0.3) is 5.56 Å². The predicted molar refractivity (Wildman–Crippen MR) is 71.3 cm³/mol. The summed E-state index contributed by atoms with van der Waals surface area (Å²) in [5.41, 5.74) is 2.87. The van der Waals surface area contributed by atoms with E-state index in [-0.39, 0.29) is 5.56 Å². The van der Waals surface area contributed by atoms with Crippen LogP contribution in [0.15, 0.2) is 51.9 Å². The molecular formula is C14H12BrNO. The smallest absolute Gasteiger partial charge is 0.250 e. The molecule has 0 bridgehead atoms. The highest BCUT2D eigenvalue weighted by atomic mass is 79.9. The quantitative estimate of drug-likeness (QED) is 0.833. The second-order valence-corrected chi connectivity index (χ2v) is 5.35. The zero-order valence-electron chi connectivity index (χ0n) is 9.27. The van der Waals surface area contributed by atoms with Gasteiger partial charge in [0.05, 0.1) is 0 Å². The third-order valence-corrected chi connectivity index (χ3v) is 3.79. The fraction of sp³-hybridized carbons (Fsp3) is 0.214. The fourth-order valence-electron chi connectivity index (χ4n) is 2.41. The van der Waals surface area contributed by atoms with Crippen LogP contribution in [0.4, 0.5) is 0 Å². The van der Waals surface area contributed by atoms with E-state index in [1.165, 1.54) is 11.1 Å². The second-order valence-electron chi connectivity index (χ2n) is 4.44. The standard InChI is InChI=1S/C14H12BrNO/c15-12-5-6-14(17)16(9-12)8-11-7-10-3-1-2-4-13(10)11/h1-6,9,11H,7-8H2. The Morgan fingerprint density at radius 2 is 2.06 bits per heavy atom. The zero-order valence-corrected chi connectivity index (χ0v) is 10.9. The molecule has 2 aromatic rings. The summed E-state index contributed by atoms with van der Waals surface area (Å²) in [6, 6.07) is 11.8. The van der Waals surface area contributed by atoms with Gasteiger partial charge in [-0.05, 0) is 39.5 Å². The van der Waals surface area contributed by atoms with Gasteiger partial charge in [0.1, 0.15) is 0 Å². The number of aromatic nitrogens is 1. The van der Waals surface area contributed by atoms with Crippen LogP contribution < -0.4 is 5.56 Å². The molecule has 1 heterocycles. The molecule has 0 radical (unpaired) electrons. The summed E-state index contributed by atoms with van der Waals surface area (Å²) in [6.45, 7) is 0.773. The summed E-state index contributed by atoms with van der Waals surface area (Å²) in [6.07, 6.45) is 2.94. The lowest BCUT2D eigenvalue weighted by atomic mass is 9.77. The van der Waals surface area contributed by atoms with Crippen molar-refractivity contribution in [3.63, 3.8) is 0 Å². The lowest BCUT2D eigenvalue weighted by molar-refractivity contribution is 0.498. The molecule has 86 valence electrons. The van der Waals surface area contributed by atoms with E-state index in [9.17, 15) is 4.79 Å². The number of rotatable bonds is 2. The first-order valence-electron chi connectivity index (χ1n) is 5.68. The lowest BCUT2D eigenvalue weighted by Crippen LogP contribution is -2.27. The van der Waals surface area contributed by atoms with Gasteiger partial charge in [-0.15, -0.1) is 0 Å². The van der Waals surface area contributed by atoms with Gasteiger partial charge in [0.15, 0.2) is 0 Å². The molecule has 3 rings (SSSR count). The minimum absolute atomic E-state index is 0.0672. The molecule has 1 aliphatic rings. The average molecular weight is 290 g/mol. The Morgan fingerprint density at radius 3 is 2.88 bits per heavy atom.